The summed E-state index contributed by atoms with van der Waals surface area (Å²) in [6.07, 6.45) is 0. The molecule has 0 fully saturated rings. The van der Waals surface area contributed by atoms with Gasteiger partial charge in [0.1, 0.15) is 5.82 Å². The first-order valence-corrected chi connectivity index (χ1v) is 3.61. The summed E-state index contributed by atoms with van der Waals surface area (Å²) in [7, 11) is 0. The van der Waals surface area contributed by atoms with Crippen molar-refractivity contribution in [2.45, 2.75) is 6.92 Å². The van der Waals surface area contributed by atoms with E-state index in [1.807, 2.05) is 0 Å². The predicted octanol–water partition coefficient (Wildman–Crippen LogP) is 1.74. The number of carboxylic acid groups (broad SMARTS) is 1. The van der Waals surface area contributed by atoms with E-state index >= 15 is 0 Å². The normalized spacial score (nSPS) is 9.86. The Morgan fingerprint density at radius 2 is 2.14 bits per heavy atom. The fourth-order valence-corrected chi connectivity index (χ4v) is 1.03. The lowest BCUT2D eigenvalue weighted by molar-refractivity contribution is -0.385. The molecule has 0 saturated carbocycles. The molecule has 74 valence electrons. The molecule has 1 rings (SSSR count). The molecule has 0 atom stereocenters. The number of aryl methyl sites for hydroxylation is 1. The van der Waals surface area contributed by atoms with E-state index in [0.29, 0.717) is 6.07 Å². The Balaban J connectivity index is 3.38. The Morgan fingerprint density at radius 1 is 1.57 bits per heavy atom. The van der Waals surface area contributed by atoms with Crippen molar-refractivity contribution < 1.29 is 19.2 Å². The monoisotopic (exact) mass is 199 g/mol. The molecular weight excluding hydrogens is 193 g/mol. The molecule has 0 aliphatic heterocycles. The first kappa shape index (κ1) is 10.1. The number of benzene rings is 1. The molecule has 0 heterocycles. The summed E-state index contributed by atoms with van der Waals surface area (Å²) in [4.78, 5) is 20.0. The van der Waals surface area contributed by atoms with Gasteiger partial charge in [0.15, 0.2) is 0 Å². The van der Waals surface area contributed by atoms with Crippen molar-refractivity contribution in [2.24, 2.45) is 0 Å². The first-order chi connectivity index (χ1) is 6.43. The van der Waals surface area contributed by atoms with Crippen LogP contribution in [0.25, 0.3) is 0 Å². The minimum absolute atomic E-state index is 0.119. The smallest absolute Gasteiger partial charge is 0.338 e. The Bertz CT molecular complexity index is 376. The fraction of sp³-hybridized carbons (Fsp3) is 0.125. The third kappa shape index (κ3) is 1.68. The van der Waals surface area contributed by atoms with Gasteiger partial charge in [0.05, 0.1) is 16.6 Å². The van der Waals surface area contributed by atoms with Crippen LogP contribution in [0.15, 0.2) is 12.1 Å². The molecule has 0 spiro atoms. The van der Waals surface area contributed by atoms with Gasteiger partial charge in [0.25, 0.3) is 5.69 Å². The first-order valence-electron chi connectivity index (χ1n) is 3.61. The van der Waals surface area contributed by atoms with Gasteiger partial charge in [0.2, 0.25) is 0 Å². The lowest BCUT2D eigenvalue weighted by Gasteiger charge is -2.00. The van der Waals surface area contributed by atoms with Gasteiger partial charge in [0, 0.05) is 5.56 Å². The Labute approximate surface area is 77.9 Å². The molecule has 0 aliphatic carbocycles. The highest BCUT2D eigenvalue weighted by atomic mass is 19.1. The number of carboxylic acids is 1. The minimum atomic E-state index is -1.44. The summed E-state index contributed by atoms with van der Waals surface area (Å²) < 4.78 is 13.0. The Morgan fingerprint density at radius 3 is 2.57 bits per heavy atom. The minimum Gasteiger partial charge on any atom is -0.478 e. The van der Waals surface area contributed by atoms with Crippen LogP contribution in [0.5, 0.6) is 0 Å². The SMILES string of the molecule is Cc1cc(C(=O)O)c(F)cc1[N+](=O)[O-]. The highest BCUT2D eigenvalue weighted by Gasteiger charge is 2.18. The second kappa shape index (κ2) is 3.41. The summed E-state index contributed by atoms with van der Waals surface area (Å²) in [5.41, 5.74) is -0.866. The lowest BCUT2D eigenvalue weighted by Crippen LogP contribution is -2.03. The van der Waals surface area contributed by atoms with Crippen LogP contribution in [0, 0.1) is 22.9 Å². The van der Waals surface area contributed by atoms with E-state index in [9.17, 15) is 19.3 Å². The van der Waals surface area contributed by atoms with E-state index in [1.54, 1.807) is 0 Å². The van der Waals surface area contributed by atoms with Gasteiger partial charge < -0.3 is 5.11 Å². The summed E-state index contributed by atoms with van der Waals surface area (Å²) in [6, 6.07) is 1.55. The van der Waals surface area contributed by atoms with Gasteiger partial charge in [-0.1, -0.05) is 0 Å². The zero-order chi connectivity index (χ0) is 10.9. The molecular formula is C8H6FNO4. The number of aromatic carboxylic acids is 1. The van der Waals surface area contributed by atoms with Crippen LogP contribution in [0.2, 0.25) is 0 Å². The third-order valence-corrected chi connectivity index (χ3v) is 1.71. The highest BCUT2D eigenvalue weighted by Crippen LogP contribution is 2.21. The quantitative estimate of drug-likeness (QED) is 0.581. The van der Waals surface area contributed by atoms with Gasteiger partial charge in [-0.2, -0.15) is 0 Å². The predicted molar refractivity (Wildman–Crippen MR) is 44.8 cm³/mol. The zero-order valence-electron chi connectivity index (χ0n) is 7.15. The molecule has 1 aromatic rings. The second-order valence-corrected chi connectivity index (χ2v) is 2.68. The van der Waals surface area contributed by atoms with E-state index in [0.717, 1.165) is 6.07 Å². The van der Waals surface area contributed by atoms with Crippen LogP contribution in [-0.4, -0.2) is 16.0 Å². The van der Waals surface area contributed by atoms with E-state index in [2.05, 4.69) is 0 Å². The number of hydrogen-bond donors (Lipinski definition) is 1. The van der Waals surface area contributed by atoms with E-state index in [4.69, 9.17) is 5.11 Å². The number of halogens is 1. The molecule has 1 aromatic carbocycles. The van der Waals surface area contributed by atoms with Gasteiger partial charge >= 0.3 is 5.97 Å². The number of hydrogen-bond acceptors (Lipinski definition) is 3. The molecule has 0 bridgehead atoms. The summed E-state index contributed by atoms with van der Waals surface area (Å²) >= 11 is 0. The Kier molecular flexibility index (Phi) is 2.46. The molecule has 0 aromatic heterocycles. The van der Waals surface area contributed by atoms with Crippen molar-refractivity contribution in [2.75, 3.05) is 0 Å². The van der Waals surface area contributed by atoms with Crippen molar-refractivity contribution in [3.8, 4) is 0 Å². The molecule has 0 saturated heterocycles. The molecule has 0 unspecified atom stereocenters. The topological polar surface area (TPSA) is 80.4 Å². The molecule has 6 heteroatoms. The second-order valence-electron chi connectivity index (χ2n) is 2.68. The highest BCUT2D eigenvalue weighted by molar-refractivity contribution is 5.88. The van der Waals surface area contributed by atoms with E-state index < -0.39 is 28.0 Å². The fourth-order valence-electron chi connectivity index (χ4n) is 1.03. The summed E-state index contributed by atoms with van der Waals surface area (Å²) in [5.74, 6) is -2.55. The van der Waals surface area contributed by atoms with Crippen LogP contribution in [0.3, 0.4) is 0 Å². The maximum atomic E-state index is 13.0. The van der Waals surface area contributed by atoms with E-state index in [1.165, 1.54) is 6.92 Å². The van der Waals surface area contributed by atoms with Crippen LogP contribution in [0.4, 0.5) is 10.1 Å². The van der Waals surface area contributed by atoms with Crippen molar-refractivity contribution in [1.82, 2.24) is 0 Å². The molecule has 14 heavy (non-hydrogen) atoms. The van der Waals surface area contributed by atoms with Crippen LogP contribution in [-0.2, 0) is 0 Å². The van der Waals surface area contributed by atoms with Crippen molar-refractivity contribution in [3.63, 3.8) is 0 Å². The number of rotatable bonds is 2. The number of carbonyl (C=O) groups is 1. The van der Waals surface area contributed by atoms with Gasteiger partial charge in [-0.15, -0.1) is 0 Å². The largest absolute Gasteiger partial charge is 0.478 e. The molecule has 0 aliphatic rings. The molecule has 0 radical (unpaired) electrons. The molecule has 1 N–H and O–H groups in total. The maximum absolute atomic E-state index is 13.0. The lowest BCUT2D eigenvalue weighted by atomic mass is 10.1. The van der Waals surface area contributed by atoms with Crippen molar-refractivity contribution in [3.05, 3.63) is 39.2 Å². The van der Waals surface area contributed by atoms with Crippen LogP contribution >= 0.6 is 0 Å². The van der Waals surface area contributed by atoms with Crippen molar-refractivity contribution in [1.29, 1.82) is 0 Å². The van der Waals surface area contributed by atoms with Gasteiger partial charge in [-0.25, -0.2) is 9.18 Å². The maximum Gasteiger partial charge on any atom is 0.338 e. The average Bonchev–Trinajstić information content (AvgIpc) is 2.07. The molecule has 0 amide bonds. The summed E-state index contributed by atoms with van der Waals surface area (Å²) in [6.45, 7) is 1.35. The third-order valence-electron chi connectivity index (χ3n) is 1.71. The number of nitro groups is 1. The zero-order valence-corrected chi connectivity index (χ0v) is 7.15. The van der Waals surface area contributed by atoms with Crippen LogP contribution in [0.1, 0.15) is 15.9 Å². The van der Waals surface area contributed by atoms with Gasteiger partial charge in [-0.05, 0) is 13.0 Å². The van der Waals surface area contributed by atoms with Gasteiger partial charge in [-0.3, -0.25) is 10.1 Å². The average molecular weight is 199 g/mol. The van der Waals surface area contributed by atoms with E-state index in [-0.39, 0.29) is 5.56 Å². The molecule has 5 nitrogen and oxygen atoms in total. The standard InChI is InChI=1S/C8H6FNO4/c1-4-2-5(8(11)12)6(9)3-7(4)10(13)14/h2-3H,1H3,(H,11,12). The van der Waals surface area contributed by atoms with Crippen LogP contribution < -0.4 is 0 Å². The number of nitrogens with zero attached hydrogens (tertiary/aromatic N) is 1. The Hall–Kier alpha value is -1.98. The summed E-state index contributed by atoms with van der Waals surface area (Å²) in [5, 5.41) is 18.9. The number of nitro benzene ring substituents is 1. The van der Waals surface area contributed by atoms with Crippen molar-refractivity contribution >= 4 is 11.7 Å².